The second kappa shape index (κ2) is 9.69. The minimum absolute atomic E-state index is 0.0625. The molecular formula is C30H46O7. The van der Waals surface area contributed by atoms with Crippen molar-refractivity contribution in [3.05, 3.63) is 11.6 Å². The van der Waals surface area contributed by atoms with Crippen molar-refractivity contribution in [2.24, 2.45) is 34.0 Å². The number of carbonyl (C=O) groups excluding carboxylic acids is 3. The summed E-state index contributed by atoms with van der Waals surface area (Å²) >= 11 is 0. The summed E-state index contributed by atoms with van der Waals surface area (Å²) in [4.78, 5) is 36.2. The average molecular weight is 519 g/mol. The predicted molar refractivity (Wildman–Crippen MR) is 138 cm³/mol. The Morgan fingerprint density at radius 2 is 1.78 bits per heavy atom. The Morgan fingerprint density at radius 3 is 2.41 bits per heavy atom. The van der Waals surface area contributed by atoms with Crippen LogP contribution in [-0.2, 0) is 28.6 Å². The molecule has 4 rings (SSSR count). The highest BCUT2D eigenvalue weighted by Gasteiger charge is 2.67. The van der Waals surface area contributed by atoms with Crippen molar-refractivity contribution in [2.75, 3.05) is 6.61 Å². The first-order valence-corrected chi connectivity index (χ1v) is 14.1. The van der Waals surface area contributed by atoms with Crippen molar-refractivity contribution in [2.45, 2.75) is 118 Å². The Hall–Kier alpha value is -1.89. The normalized spacial score (nSPS) is 39.8. The summed E-state index contributed by atoms with van der Waals surface area (Å²) < 4.78 is 17.2. The van der Waals surface area contributed by atoms with E-state index >= 15 is 0 Å². The van der Waals surface area contributed by atoms with E-state index < -0.39 is 16.4 Å². The van der Waals surface area contributed by atoms with Gasteiger partial charge in [0.15, 0.2) is 0 Å². The van der Waals surface area contributed by atoms with Crippen LogP contribution in [-0.4, -0.2) is 47.4 Å². The summed E-state index contributed by atoms with van der Waals surface area (Å²) in [7, 11) is 0. The van der Waals surface area contributed by atoms with Gasteiger partial charge in [0.1, 0.15) is 12.2 Å². The highest BCUT2D eigenvalue weighted by Crippen LogP contribution is 2.68. The number of fused-ring (bicyclic) bond motifs is 5. The maximum atomic E-state index is 12.7. The standard InChI is InChI=1S/C30H46O7/c1-18(36-26(33)27(4,5)6)23-12-15-30(34)25-9-8-21-16-22(37-20(3)32)10-14-29(21,17-35-19(2)31)24(25)11-13-28(23,30)7/h9,18,21-24,34H,8,10-17H2,1-7H3/t18-,21-,22-,23+,24-,28+,29+,30-/m0/s1. The molecule has 0 radical (unpaired) electrons. The van der Waals surface area contributed by atoms with Crippen LogP contribution in [0.25, 0.3) is 0 Å². The molecule has 3 fully saturated rings. The summed E-state index contributed by atoms with van der Waals surface area (Å²) in [5, 5.41) is 12.4. The number of allylic oxidation sites excluding steroid dienone is 1. The second-order valence-electron chi connectivity index (χ2n) is 13.5. The summed E-state index contributed by atoms with van der Waals surface area (Å²) in [6, 6.07) is 0. The van der Waals surface area contributed by atoms with E-state index in [1.807, 2.05) is 27.7 Å². The lowest BCUT2D eigenvalue weighted by atomic mass is 9.46. The molecule has 0 heterocycles. The van der Waals surface area contributed by atoms with Gasteiger partial charge >= 0.3 is 17.9 Å². The molecule has 0 amide bonds. The number of hydrogen-bond acceptors (Lipinski definition) is 7. The lowest BCUT2D eigenvalue weighted by Gasteiger charge is -2.60. The van der Waals surface area contributed by atoms with Gasteiger partial charge in [0.05, 0.1) is 17.6 Å². The molecular weight excluding hydrogens is 472 g/mol. The number of aliphatic hydroxyl groups is 1. The molecule has 8 atom stereocenters. The fourth-order valence-electron chi connectivity index (χ4n) is 8.35. The Morgan fingerprint density at radius 1 is 1.08 bits per heavy atom. The molecule has 4 aliphatic carbocycles. The lowest BCUT2D eigenvalue weighted by Crippen LogP contribution is -2.60. The van der Waals surface area contributed by atoms with E-state index in [0.717, 1.165) is 50.5 Å². The maximum absolute atomic E-state index is 12.7. The highest BCUT2D eigenvalue weighted by molar-refractivity contribution is 5.75. The fraction of sp³-hybridized carbons (Fsp3) is 0.833. The molecule has 37 heavy (non-hydrogen) atoms. The van der Waals surface area contributed by atoms with Crippen LogP contribution < -0.4 is 0 Å². The van der Waals surface area contributed by atoms with Crippen LogP contribution in [0, 0.1) is 34.0 Å². The van der Waals surface area contributed by atoms with Crippen LogP contribution in [0.15, 0.2) is 11.6 Å². The zero-order chi connectivity index (χ0) is 27.4. The van der Waals surface area contributed by atoms with Gasteiger partial charge in [-0.2, -0.15) is 0 Å². The molecule has 0 bridgehead atoms. The number of esters is 3. The number of carbonyl (C=O) groups is 3. The Labute approximate surface area is 221 Å². The van der Waals surface area contributed by atoms with Gasteiger partial charge in [0.25, 0.3) is 0 Å². The van der Waals surface area contributed by atoms with E-state index in [0.29, 0.717) is 13.0 Å². The monoisotopic (exact) mass is 518 g/mol. The van der Waals surface area contributed by atoms with Gasteiger partial charge in [-0.05, 0) is 96.5 Å². The zero-order valence-corrected chi connectivity index (χ0v) is 23.7. The molecule has 7 nitrogen and oxygen atoms in total. The van der Waals surface area contributed by atoms with Gasteiger partial charge in [0, 0.05) is 30.6 Å². The Bertz CT molecular complexity index is 963. The first kappa shape index (κ1) is 28.1. The largest absolute Gasteiger partial charge is 0.465 e. The van der Waals surface area contributed by atoms with E-state index in [-0.39, 0.29) is 53.3 Å². The molecule has 4 aliphatic rings. The van der Waals surface area contributed by atoms with Gasteiger partial charge in [-0.15, -0.1) is 0 Å². The first-order valence-electron chi connectivity index (χ1n) is 14.1. The molecule has 3 saturated carbocycles. The molecule has 0 aromatic rings. The SMILES string of the molecule is CC(=O)OC[C@]12CC[C@H](OC(C)=O)C[C@@H]1CC=C1[C@@H]2CC[C@]2(C)[C@@H]([C@H](C)OC(=O)C(C)(C)C)CC[C@]12O. The lowest BCUT2D eigenvalue weighted by molar-refractivity contribution is -0.173. The van der Waals surface area contributed by atoms with E-state index in [1.54, 1.807) is 0 Å². The van der Waals surface area contributed by atoms with Crippen LogP contribution in [0.4, 0.5) is 0 Å². The smallest absolute Gasteiger partial charge is 0.311 e. The van der Waals surface area contributed by atoms with E-state index in [9.17, 15) is 19.5 Å². The second-order valence-corrected chi connectivity index (χ2v) is 13.5. The molecule has 0 unspecified atom stereocenters. The molecule has 0 saturated heterocycles. The summed E-state index contributed by atoms with van der Waals surface area (Å²) in [5.41, 5.74) is -1.14. The van der Waals surface area contributed by atoms with Crippen molar-refractivity contribution in [1.29, 1.82) is 0 Å². The molecule has 0 spiro atoms. The van der Waals surface area contributed by atoms with E-state index in [1.165, 1.54) is 13.8 Å². The predicted octanol–water partition coefficient (Wildman–Crippen LogP) is 5.13. The van der Waals surface area contributed by atoms with Crippen molar-refractivity contribution >= 4 is 17.9 Å². The van der Waals surface area contributed by atoms with Crippen LogP contribution in [0.3, 0.4) is 0 Å². The first-order chi connectivity index (χ1) is 17.1. The van der Waals surface area contributed by atoms with Gasteiger partial charge in [-0.3, -0.25) is 14.4 Å². The maximum Gasteiger partial charge on any atom is 0.311 e. The van der Waals surface area contributed by atoms with Crippen molar-refractivity contribution in [3.63, 3.8) is 0 Å². The van der Waals surface area contributed by atoms with E-state index in [2.05, 4.69) is 13.0 Å². The third-order valence-corrected chi connectivity index (χ3v) is 10.3. The van der Waals surface area contributed by atoms with E-state index in [4.69, 9.17) is 14.2 Å². The quantitative estimate of drug-likeness (QED) is 0.306. The summed E-state index contributed by atoms with van der Waals surface area (Å²) in [5.74, 6) is -0.375. The van der Waals surface area contributed by atoms with Crippen LogP contribution in [0.1, 0.15) is 99.8 Å². The zero-order valence-electron chi connectivity index (χ0n) is 23.7. The third-order valence-electron chi connectivity index (χ3n) is 10.3. The average Bonchev–Trinajstić information content (AvgIpc) is 3.08. The van der Waals surface area contributed by atoms with Crippen LogP contribution in [0.5, 0.6) is 0 Å². The topological polar surface area (TPSA) is 99.1 Å². The number of hydrogen-bond donors (Lipinski definition) is 1. The molecule has 208 valence electrons. The summed E-state index contributed by atoms with van der Waals surface area (Å²) in [6.07, 6.45) is 8.02. The van der Waals surface area contributed by atoms with Crippen LogP contribution in [0.2, 0.25) is 0 Å². The van der Waals surface area contributed by atoms with Gasteiger partial charge < -0.3 is 19.3 Å². The third kappa shape index (κ3) is 4.74. The molecule has 7 heteroatoms. The molecule has 0 aliphatic heterocycles. The molecule has 0 aromatic carbocycles. The van der Waals surface area contributed by atoms with Crippen molar-refractivity contribution < 1.29 is 33.7 Å². The number of rotatable bonds is 5. The Kier molecular flexibility index (Phi) is 7.37. The van der Waals surface area contributed by atoms with Gasteiger partial charge in [-0.25, -0.2) is 0 Å². The van der Waals surface area contributed by atoms with Gasteiger partial charge in [0.2, 0.25) is 0 Å². The summed E-state index contributed by atoms with van der Waals surface area (Å²) in [6.45, 7) is 13.0. The Balaban J connectivity index is 1.63. The fourth-order valence-corrected chi connectivity index (χ4v) is 8.35. The molecule has 0 aromatic heterocycles. The van der Waals surface area contributed by atoms with Gasteiger partial charge in [-0.1, -0.05) is 13.0 Å². The molecule has 1 N–H and O–H groups in total. The highest BCUT2D eigenvalue weighted by atomic mass is 16.5. The minimum Gasteiger partial charge on any atom is -0.465 e. The minimum atomic E-state index is -0.982. The van der Waals surface area contributed by atoms with Crippen LogP contribution >= 0.6 is 0 Å². The van der Waals surface area contributed by atoms with Crippen molar-refractivity contribution in [1.82, 2.24) is 0 Å². The van der Waals surface area contributed by atoms with Crippen molar-refractivity contribution in [3.8, 4) is 0 Å². The number of ether oxygens (including phenoxy) is 3.